The van der Waals surface area contributed by atoms with Crippen molar-refractivity contribution in [1.29, 1.82) is 0 Å². The molecule has 5 heteroatoms. The molecule has 0 aromatic carbocycles. The minimum atomic E-state index is -0.173. The van der Waals surface area contributed by atoms with Gasteiger partial charge in [-0.05, 0) is 35.7 Å². The highest BCUT2D eigenvalue weighted by molar-refractivity contribution is 9.10. The van der Waals surface area contributed by atoms with Crippen LogP contribution in [-0.2, 0) is 18.2 Å². The van der Waals surface area contributed by atoms with Gasteiger partial charge in [-0.2, -0.15) is 5.10 Å². The van der Waals surface area contributed by atoms with Gasteiger partial charge in [0, 0.05) is 26.6 Å². The molecule has 1 unspecified atom stereocenters. The first-order chi connectivity index (χ1) is 9.50. The number of ether oxygens (including phenoxy) is 1. The van der Waals surface area contributed by atoms with Crippen LogP contribution in [0.5, 0.6) is 0 Å². The highest BCUT2D eigenvalue weighted by Gasteiger charge is 2.37. The summed E-state index contributed by atoms with van der Waals surface area (Å²) in [6, 6.07) is 0.0108. The van der Waals surface area contributed by atoms with E-state index in [-0.39, 0.29) is 11.6 Å². The van der Waals surface area contributed by atoms with Crippen molar-refractivity contribution in [2.24, 2.45) is 12.8 Å². The lowest BCUT2D eigenvalue weighted by Crippen LogP contribution is -2.50. The molecule has 0 aliphatic heterocycles. The van der Waals surface area contributed by atoms with Crippen LogP contribution in [0, 0.1) is 6.92 Å². The van der Waals surface area contributed by atoms with Crippen LogP contribution in [0.25, 0.3) is 0 Å². The summed E-state index contributed by atoms with van der Waals surface area (Å²) in [5.41, 5.74) is 8.56. The molecule has 20 heavy (non-hydrogen) atoms. The van der Waals surface area contributed by atoms with E-state index in [2.05, 4.69) is 21.0 Å². The number of aryl methyl sites for hydroxylation is 2. The molecule has 0 amide bonds. The largest absolute Gasteiger partial charge is 0.377 e. The highest BCUT2D eigenvalue weighted by atomic mass is 79.9. The van der Waals surface area contributed by atoms with Gasteiger partial charge in [0.15, 0.2) is 0 Å². The van der Waals surface area contributed by atoms with Gasteiger partial charge >= 0.3 is 0 Å². The Hall–Kier alpha value is -0.390. The zero-order valence-electron chi connectivity index (χ0n) is 12.8. The van der Waals surface area contributed by atoms with E-state index in [0.717, 1.165) is 35.1 Å². The molecule has 0 spiro atoms. The second-order valence-electron chi connectivity index (χ2n) is 5.96. The van der Waals surface area contributed by atoms with Crippen LogP contribution in [0.3, 0.4) is 0 Å². The monoisotopic (exact) mass is 343 g/mol. The van der Waals surface area contributed by atoms with Crippen LogP contribution >= 0.6 is 15.9 Å². The van der Waals surface area contributed by atoms with Gasteiger partial charge < -0.3 is 10.5 Å². The molecule has 1 heterocycles. The van der Waals surface area contributed by atoms with E-state index >= 15 is 0 Å². The summed E-state index contributed by atoms with van der Waals surface area (Å²) < 4.78 is 8.92. The molecular weight excluding hydrogens is 318 g/mol. The van der Waals surface area contributed by atoms with Crippen molar-refractivity contribution in [3.8, 4) is 0 Å². The van der Waals surface area contributed by atoms with Crippen molar-refractivity contribution in [3.63, 3.8) is 0 Å². The van der Waals surface area contributed by atoms with Crippen molar-refractivity contribution in [3.05, 3.63) is 15.9 Å². The summed E-state index contributed by atoms with van der Waals surface area (Å²) >= 11 is 3.63. The molecule has 0 saturated heterocycles. The molecule has 114 valence electrons. The van der Waals surface area contributed by atoms with Crippen LogP contribution in [0.1, 0.15) is 49.9 Å². The lowest BCUT2D eigenvalue weighted by molar-refractivity contribution is -0.0434. The molecule has 1 atom stereocenters. The van der Waals surface area contributed by atoms with Crippen molar-refractivity contribution in [1.82, 2.24) is 9.78 Å². The van der Waals surface area contributed by atoms with Gasteiger partial charge in [-0.15, -0.1) is 0 Å². The first-order valence-corrected chi connectivity index (χ1v) is 8.28. The predicted octanol–water partition coefficient (Wildman–Crippen LogP) is 3.10. The van der Waals surface area contributed by atoms with Crippen molar-refractivity contribution < 1.29 is 4.74 Å². The molecule has 1 fully saturated rings. The summed E-state index contributed by atoms with van der Waals surface area (Å²) in [5, 5.41) is 4.45. The number of halogens is 1. The molecule has 1 aromatic rings. The molecule has 4 nitrogen and oxygen atoms in total. The van der Waals surface area contributed by atoms with Gasteiger partial charge in [-0.25, -0.2) is 0 Å². The lowest BCUT2D eigenvalue weighted by Gasteiger charge is -2.37. The fourth-order valence-corrected chi connectivity index (χ4v) is 3.85. The SMILES string of the molecule is COC1(C(N)Cc2c(Br)c(C)nn2C)CCCCCC1. The second kappa shape index (κ2) is 6.58. The number of rotatable bonds is 4. The Balaban J connectivity index is 2.18. The average Bonchev–Trinajstić information content (AvgIpc) is 2.66. The third-order valence-corrected chi connectivity index (χ3v) is 5.74. The van der Waals surface area contributed by atoms with E-state index in [9.17, 15) is 0 Å². The number of aromatic nitrogens is 2. The van der Waals surface area contributed by atoms with E-state index in [1.807, 2.05) is 25.8 Å². The molecule has 1 saturated carbocycles. The van der Waals surface area contributed by atoms with E-state index in [1.54, 1.807) is 0 Å². The molecular formula is C15H26BrN3O. The standard InChI is InChI=1S/C15H26BrN3O/c1-11-14(16)12(19(2)18-11)10-13(17)15(20-3)8-6-4-5-7-9-15/h13H,4-10,17H2,1-3H3. The highest BCUT2D eigenvalue weighted by Crippen LogP contribution is 2.34. The van der Waals surface area contributed by atoms with E-state index < -0.39 is 0 Å². The van der Waals surface area contributed by atoms with Gasteiger partial charge in [-0.1, -0.05) is 25.7 Å². The summed E-state index contributed by atoms with van der Waals surface area (Å²) in [7, 11) is 3.79. The zero-order chi connectivity index (χ0) is 14.8. The first-order valence-electron chi connectivity index (χ1n) is 7.49. The Labute approximate surface area is 130 Å². The summed E-state index contributed by atoms with van der Waals surface area (Å²) in [6.45, 7) is 2.01. The van der Waals surface area contributed by atoms with E-state index in [0.29, 0.717) is 0 Å². The van der Waals surface area contributed by atoms with Gasteiger partial charge in [0.1, 0.15) is 0 Å². The van der Waals surface area contributed by atoms with Crippen LogP contribution in [-0.4, -0.2) is 28.5 Å². The maximum absolute atomic E-state index is 6.56. The number of hydrogen-bond donors (Lipinski definition) is 1. The van der Waals surface area contributed by atoms with Crippen LogP contribution in [0.4, 0.5) is 0 Å². The minimum Gasteiger partial charge on any atom is -0.377 e. The number of hydrogen-bond acceptors (Lipinski definition) is 3. The molecule has 1 aromatic heterocycles. The normalized spacial score (nSPS) is 20.6. The van der Waals surface area contributed by atoms with Crippen LogP contribution in [0.15, 0.2) is 4.47 Å². The number of nitrogens with two attached hydrogens (primary N) is 1. The van der Waals surface area contributed by atoms with Gasteiger partial charge in [0.25, 0.3) is 0 Å². The first kappa shape index (κ1) is 16.0. The Morgan fingerprint density at radius 1 is 1.35 bits per heavy atom. The van der Waals surface area contributed by atoms with Crippen LogP contribution in [0.2, 0.25) is 0 Å². The molecule has 0 bridgehead atoms. The summed E-state index contributed by atoms with van der Waals surface area (Å²) in [6.07, 6.45) is 7.96. The second-order valence-corrected chi connectivity index (χ2v) is 6.76. The maximum Gasteiger partial charge on any atom is 0.0832 e. The van der Waals surface area contributed by atoms with E-state index in [4.69, 9.17) is 10.5 Å². The van der Waals surface area contributed by atoms with Crippen LogP contribution < -0.4 is 5.73 Å². The zero-order valence-corrected chi connectivity index (χ0v) is 14.4. The fraction of sp³-hybridized carbons (Fsp3) is 0.800. The number of nitrogens with zero attached hydrogens (tertiary/aromatic N) is 2. The Bertz CT molecular complexity index is 450. The number of methoxy groups -OCH3 is 1. The quantitative estimate of drug-likeness (QED) is 0.854. The molecule has 0 radical (unpaired) electrons. The van der Waals surface area contributed by atoms with E-state index in [1.165, 1.54) is 25.7 Å². The smallest absolute Gasteiger partial charge is 0.0832 e. The molecule has 1 aliphatic rings. The summed E-state index contributed by atoms with van der Waals surface area (Å²) in [5.74, 6) is 0. The van der Waals surface area contributed by atoms with Gasteiger partial charge in [0.05, 0.1) is 21.5 Å². The summed E-state index contributed by atoms with van der Waals surface area (Å²) in [4.78, 5) is 0. The third kappa shape index (κ3) is 3.10. The molecule has 2 N–H and O–H groups in total. The molecule has 1 aliphatic carbocycles. The predicted molar refractivity (Wildman–Crippen MR) is 84.8 cm³/mol. The van der Waals surface area contributed by atoms with Crippen molar-refractivity contribution in [2.75, 3.05) is 7.11 Å². The Morgan fingerprint density at radius 3 is 2.40 bits per heavy atom. The minimum absolute atomic E-state index is 0.0108. The Morgan fingerprint density at radius 2 is 1.95 bits per heavy atom. The van der Waals surface area contributed by atoms with Gasteiger partial charge in [-0.3, -0.25) is 4.68 Å². The Kier molecular flexibility index (Phi) is 5.26. The van der Waals surface area contributed by atoms with Crippen molar-refractivity contribution >= 4 is 15.9 Å². The maximum atomic E-state index is 6.56. The topological polar surface area (TPSA) is 53.1 Å². The average molecular weight is 344 g/mol. The van der Waals surface area contributed by atoms with Crippen molar-refractivity contribution in [2.45, 2.75) is 63.5 Å². The third-order valence-electron chi connectivity index (χ3n) is 4.71. The van der Waals surface area contributed by atoms with Gasteiger partial charge in [0.2, 0.25) is 0 Å². The lowest BCUT2D eigenvalue weighted by atomic mass is 9.84. The fourth-order valence-electron chi connectivity index (χ4n) is 3.35. The molecule has 2 rings (SSSR count).